The van der Waals surface area contributed by atoms with Crippen LogP contribution in [0.2, 0.25) is 0 Å². The maximum atomic E-state index is 5.63. The molecule has 1 saturated carbocycles. The topological polar surface area (TPSA) is 33.7 Å². The highest BCUT2D eigenvalue weighted by Gasteiger charge is 2.22. The Balaban J connectivity index is 1.58. The van der Waals surface area contributed by atoms with Crippen molar-refractivity contribution < 1.29 is 9.47 Å². The van der Waals surface area contributed by atoms with Gasteiger partial charge in [0.2, 0.25) is 6.79 Å². The quantitative estimate of drug-likeness (QED) is 0.658. The molecule has 23 heavy (non-hydrogen) atoms. The molecule has 1 heterocycles. The number of hydrogen-bond acceptors (Lipinski definition) is 3. The number of nitrogens with one attached hydrogen (secondary N) is 1. The van der Waals surface area contributed by atoms with Crippen LogP contribution >= 0.6 is 12.2 Å². The summed E-state index contributed by atoms with van der Waals surface area (Å²) in [5, 5.41) is 4.20. The lowest BCUT2D eigenvalue weighted by atomic mass is 9.94. The number of benzene rings is 1. The van der Waals surface area contributed by atoms with Crippen molar-refractivity contribution >= 4 is 17.3 Å². The van der Waals surface area contributed by atoms with Crippen molar-refractivity contribution in [3.63, 3.8) is 0 Å². The van der Waals surface area contributed by atoms with Gasteiger partial charge in [-0.3, -0.25) is 0 Å². The molecule has 0 saturated heterocycles. The first kappa shape index (κ1) is 16.1. The third-order valence-electron chi connectivity index (χ3n) is 4.48. The molecule has 0 aromatic heterocycles. The summed E-state index contributed by atoms with van der Waals surface area (Å²) >= 11 is 5.63. The highest BCUT2D eigenvalue weighted by Crippen LogP contribution is 2.32. The van der Waals surface area contributed by atoms with Gasteiger partial charge in [-0.25, -0.2) is 0 Å². The lowest BCUT2D eigenvalue weighted by molar-refractivity contribution is 0.174. The predicted molar refractivity (Wildman–Crippen MR) is 95.8 cm³/mol. The second-order valence-corrected chi connectivity index (χ2v) is 6.47. The van der Waals surface area contributed by atoms with E-state index in [-0.39, 0.29) is 0 Å². The van der Waals surface area contributed by atoms with Gasteiger partial charge in [0, 0.05) is 19.1 Å². The third-order valence-corrected chi connectivity index (χ3v) is 4.86. The Morgan fingerprint density at radius 3 is 2.83 bits per heavy atom. The van der Waals surface area contributed by atoms with Crippen LogP contribution in [0, 0.1) is 0 Å². The van der Waals surface area contributed by atoms with Crippen LogP contribution in [0.3, 0.4) is 0 Å². The fourth-order valence-electron chi connectivity index (χ4n) is 3.26. The van der Waals surface area contributed by atoms with Crippen molar-refractivity contribution in [3.05, 3.63) is 36.4 Å². The van der Waals surface area contributed by atoms with Gasteiger partial charge in [0.25, 0.3) is 0 Å². The van der Waals surface area contributed by atoms with Gasteiger partial charge in [-0.05, 0) is 42.8 Å². The summed E-state index contributed by atoms with van der Waals surface area (Å²) in [4.78, 5) is 2.29. The fraction of sp³-hybridized carbons (Fsp3) is 0.500. The second-order valence-electron chi connectivity index (χ2n) is 6.08. The van der Waals surface area contributed by atoms with Gasteiger partial charge < -0.3 is 19.7 Å². The number of hydrogen-bond donors (Lipinski definition) is 1. The number of rotatable bonds is 5. The van der Waals surface area contributed by atoms with E-state index in [4.69, 9.17) is 21.7 Å². The van der Waals surface area contributed by atoms with E-state index in [9.17, 15) is 0 Å². The molecule has 124 valence electrons. The molecule has 0 bridgehead atoms. The average molecular weight is 332 g/mol. The highest BCUT2D eigenvalue weighted by molar-refractivity contribution is 7.80. The minimum Gasteiger partial charge on any atom is -0.454 e. The van der Waals surface area contributed by atoms with Gasteiger partial charge in [-0.15, -0.1) is 6.58 Å². The molecule has 0 spiro atoms. The van der Waals surface area contributed by atoms with Crippen LogP contribution in [0.25, 0.3) is 0 Å². The van der Waals surface area contributed by atoms with Gasteiger partial charge in [0.15, 0.2) is 16.6 Å². The predicted octanol–water partition coefficient (Wildman–Crippen LogP) is 3.61. The lowest BCUT2D eigenvalue weighted by Crippen LogP contribution is -2.46. The standard InChI is InChI=1S/C18H24N2O2S/c1-2-10-20(15-6-4-3-5-7-15)18(23)19-12-14-8-9-16-17(11-14)22-13-21-16/h2,8-9,11,15H,1,3-7,10,12-13H2,(H,19,23). The smallest absolute Gasteiger partial charge is 0.231 e. The molecule has 1 N–H and O–H groups in total. The molecule has 0 radical (unpaired) electrons. The van der Waals surface area contributed by atoms with E-state index in [1.165, 1.54) is 32.1 Å². The lowest BCUT2D eigenvalue weighted by Gasteiger charge is -2.35. The first-order chi connectivity index (χ1) is 11.3. The highest BCUT2D eigenvalue weighted by atomic mass is 32.1. The van der Waals surface area contributed by atoms with E-state index in [0.29, 0.717) is 19.4 Å². The Hall–Kier alpha value is -1.75. The number of nitrogens with zero attached hydrogens (tertiary/aromatic N) is 1. The van der Waals surface area contributed by atoms with E-state index in [1.807, 2.05) is 24.3 Å². The summed E-state index contributed by atoms with van der Waals surface area (Å²) in [6, 6.07) is 6.54. The minimum atomic E-state index is 0.305. The minimum absolute atomic E-state index is 0.305. The van der Waals surface area contributed by atoms with Crippen LogP contribution in [-0.4, -0.2) is 29.4 Å². The molecule has 0 unspecified atom stereocenters. The van der Waals surface area contributed by atoms with Crippen molar-refractivity contribution in [1.29, 1.82) is 0 Å². The van der Waals surface area contributed by atoms with Crippen molar-refractivity contribution in [2.45, 2.75) is 44.7 Å². The van der Waals surface area contributed by atoms with Crippen molar-refractivity contribution in [1.82, 2.24) is 10.2 Å². The molecule has 5 heteroatoms. The molecule has 1 aliphatic carbocycles. The maximum absolute atomic E-state index is 5.63. The number of fused-ring (bicyclic) bond motifs is 1. The molecule has 1 aromatic rings. The molecular formula is C18H24N2O2S. The molecule has 2 aliphatic rings. The zero-order chi connectivity index (χ0) is 16.1. The Kier molecular flexibility index (Phi) is 5.39. The third kappa shape index (κ3) is 3.96. The largest absolute Gasteiger partial charge is 0.454 e. The van der Waals surface area contributed by atoms with Crippen LogP contribution < -0.4 is 14.8 Å². The molecule has 1 aliphatic heterocycles. The summed E-state index contributed by atoms with van der Waals surface area (Å²) in [6.45, 7) is 5.67. The summed E-state index contributed by atoms with van der Waals surface area (Å²) in [7, 11) is 0. The first-order valence-electron chi connectivity index (χ1n) is 8.32. The molecule has 1 fully saturated rings. The van der Waals surface area contributed by atoms with Gasteiger partial charge in [-0.2, -0.15) is 0 Å². The first-order valence-corrected chi connectivity index (χ1v) is 8.72. The number of ether oxygens (including phenoxy) is 2. The maximum Gasteiger partial charge on any atom is 0.231 e. The Labute approximate surface area is 143 Å². The molecule has 0 amide bonds. The van der Waals surface area contributed by atoms with Crippen molar-refractivity contribution in [2.75, 3.05) is 13.3 Å². The van der Waals surface area contributed by atoms with Gasteiger partial charge in [0.1, 0.15) is 0 Å². The average Bonchev–Trinajstić information content (AvgIpc) is 3.06. The molecule has 4 nitrogen and oxygen atoms in total. The molecule has 0 atom stereocenters. The summed E-state index contributed by atoms with van der Waals surface area (Å²) in [5.74, 6) is 1.62. The normalized spacial score (nSPS) is 16.9. The Morgan fingerprint density at radius 2 is 2.04 bits per heavy atom. The molecular weight excluding hydrogens is 308 g/mol. The number of thiocarbonyl (C=S) groups is 1. The molecule has 1 aromatic carbocycles. The van der Waals surface area contributed by atoms with Crippen LogP contribution in [0.1, 0.15) is 37.7 Å². The van der Waals surface area contributed by atoms with E-state index >= 15 is 0 Å². The summed E-state index contributed by atoms with van der Waals surface area (Å²) < 4.78 is 10.8. The molecule has 3 rings (SSSR count). The van der Waals surface area contributed by atoms with E-state index < -0.39 is 0 Å². The van der Waals surface area contributed by atoms with E-state index in [1.54, 1.807) is 0 Å². The van der Waals surface area contributed by atoms with E-state index in [0.717, 1.165) is 28.7 Å². The Morgan fingerprint density at radius 1 is 1.26 bits per heavy atom. The van der Waals surface area contributed by atoms with Gasteiger partial charge in [-0.1, -0.05) is 31.4 Å². The zero-order valence-electron chi connectivity index (χ0n) is 13.4. The monoisotopic (exact) mass is 332 g/mol. The van der Waals surface area contributed by atoms with Crippen LogP contribution in [0.4, 0.5) is 0 Å². The van der Waals surface area contributed by atoms with Crippen molar-refractivity contribution in [2.24, 2.45) is 0 Å². The summed E-state index contributed by atoms with van der Waals surface area (Å²) in [6.07, 6.45) is 8.31. The van der Waals surface area contributed by atoms with Gasteiger partial charge >= 0.3 is 0 Å². The van der Waals surface area contributed by atoms with Crippen molar-refractivity contribution in [3.8, 4) is 11.5 Å². The zero-order valence-corrected chi connectivity index (χ0v) is 14.2. The SMILES string of the molecule is C=CCN(C(=S)NCc1ccc2c(c1)OCO2)C1CCCCC1. The van der Waals surface area contributed by atoms with Crippen LogP contribution in [0.15, 0.2) is 30.9 Å². The fourth-order valence-corrected chi connectivity index (χ4v) is 3.56. The van der Waals surface area contributed by atoms with E-state index in [2.05, 4.69) is 16.8 Å². The van der Waals surface area contributed by atoms with Crippen LogP contribution in [-0.2, 0) is 6.54 Å². The van der Waals surface area contributed by atoms with Gasteiger partial charge in [0.05, 0.1) is 0 Å². The second kappa shape index (κ2) is 7.68. The summed E-state index contributed by atoms with van der Waals surface area (Å²) in [5.41, 5.74) is 1.14. The Bertz CT molecular complexity index is 570. The van der Waals surface area contributed by atoms with Crippen LogP contribution in [0.5, 0.6) is 11.5 Å².